The first-order chi connectivity index (χ1) is 3.79. The second-order valence-electron chi connectivity index (χ2n) is 2.05. The van der Waals surface area contributed by atoms with Crippen LogP contribution in [0.1, 0.15) is 11.1 Å². The summed E-state index contributed by atoms with van der Waals surface area (Å²) in [6.07, 6.45) is 0. The molecule has 0 N–H and O–H groups in total. The number of hydrogen-bond acceptors (Lipinski definition) is 0. The molecule has 0 spiro atoms. The molecule has 0 atom stereocenters. The second-order valence-corrected chi connectivity index (χ2v) is 2.05. The van der Waals surface area contributed by atoms with Crippen LogP contribution < -0.4 is 0 Å². The molecule has 0 aromatic heterocycles. The summed E-state index contributed by atoms with van der Waals surface area (Å²) in [5, 5.41) is 0. The molecule has 0 aliphatic rings. The summed E-state index contributed by atoms with van der Waals surface area (Å²) >= 11 is 0. The Morgan fingerprint density at radius 2 is 1.89 bits per heavy atom. The molecule has 1 heteroatoms. The summed E-state index contributed by atoms with van der Waals surface area (Å²) in [4.78, 5) is 0. The van der Waals surface area contributed by atoms with E-state index in [2.05, 4.69) is 25.1 Å². The molecule has 0 amide bonds. The first-order valence-electron chi connectivity index (χ1n) is 2.74. The van der Waals surface area contributed by atoms with Crippen molar-refractivity contribution in [2.45, 2.75) is 13.8 Å². The Hall–Kier alpha value is 0.415. The third-order valence-corrected chi connectivity index (χ3v) is 1.12. The van der Waals surface area contributed by atoms with E-state index in [0.717, 1.165) is 0 Å². The molecule has 0 nitrogen and oxygen atoms in total. The van der Waals surface area contributed by atoms with Crippen molar-refractivity contribution in [1.29, 1.82) is 0 Å². The van der Waals surface area contributed by atoms with Gasteiger partial charge in [0.05, 0.1) is 0 Å². The van der Waals surface area contributed by atoms with Gasteiger partial charge in [-0.2, -0.15) is 35.4 Å². The maximum Gasteiger partial charge on any atom is 0 e. The van der Waals surface area contributed by atoms with Crippen molar-refractivity contribution in [3.05, 3.63) is 35.4 Å². The third kappa shape index (κ3) is 3.19. The van der Waals surface area contributed by atoms with Gasteiger partial charge in [-0.3, -0.25) is 0 Å². The normalized spacial score (nSPS) is 8.22. The van der Waals surface area contributed by atoms with Gasteiger partial charge in [0.1, 0.15) is 0 Å². The van der Waals surface area contributed by atoms with E-state index in [1.807, 2.05) is 13.0 Å². The van der Waals surface area contributed by atoms with Crippen LogP contribution in [0.4, 0.5) is 0 Å². The van der Waals surface area contributed by atoms with E-state index in [1.54, 1.807) is 0 Å². The molecule has 0 aliphatic heterocycles. The van der Waals surface area contributed by atoms with Gasteiger partial charge in [-0.1, -0.05) is 13.8 Å². The number of rotatable bonds is 0. The molecule has 1 aromatic rings. The predicted molar refractivity (Wildman–Crippen MR) is 34.8 cm³/mol. The van der Waals surface area contributed by atoms with E-state index in [-0.39, 0.29) is 35.6 Å². The number of benzene rings is 1. The zero-order chi connectivity index (χ0) is 5.98. The Bertz CT molecular complexity index is 143. The van der Waals surface area contributed by atoms with Gasteiger partial charge in [0.15, 0.2) is 0 Å². The number of hydrogen-bond donors (Lipinski definition) is 0. The van der Waals surface area contributed by atoms with Crippen molar-refractivity contribution in [1.82, 2.24) is 0 Å². The molecule has 1 rings (SSSR count). The van der Waals surface area contributed by atoms with Crippen LogP contribution in [0.3, 0.4) is 0 Å². The van der Waals surface area contributed by atoms with Crippen LogP contribution in [0.15, 0.2) is 18.2 Å². The summed E-state index contributed by atoms with van der Waals surface area (Å²) in [6.45, 7) is 4.11. The van der Waals surface area contributed by atoms with Crippen molar-refractivity contribution in [2.24, 2.45) is 0 Å². The summed E-state index contributed by atoms with van der Waals surface area (Å²) in [7, 11) is 0. The second kappa shape index (κ2) is 4.27. The van der Waals surface area contributed by atoms with Crippen molar-refractivity contribution >= 4 is 0 Å². The van der Waals surface area contributed by atoms with E-state index < -0.39 is 0 Å². The SMILES string of the molecule is Cc1[c-]cc(C)cc1.[La]. The van der Waals surface area contributed by atoms with Crippen LogP contribution in [0.25, 0.3) is 0 Å². The molecule has 45 valence electrons. The number of aryl methyl sites for hydroxylation is 2. The van der Waals surface area contributed by atoms with Gasteiger partial charge in [0.25, 0.3) is 0 Å². The Balaban J connectivity index is 0.000000640. The summed E-state index contributed by atoms with van der Waals surface area (Å²) in [6, 6.07) is 9.25. The minimum atomic E-state index is 0. The molecule has 0 saturated carbocycles. The molecule has 0 heterocycles. The molecule has 1 radical (unpaired) electrons. The Kier molecular flexibility index (Phi) is 4.46. The first kappa shape index (κ1) is 9.41. The Morgan fingerprint density at radius 3 is 2.22 bits per heavy atom. The fraction of sp³-hybridized carbons (Fsp3) is 0.250. The minimum Gasteiger partial charge on any atom is -0.180 e. The van der Waals surface area contributed by atoms with Gasteiger partial charge in [-0.25, -0.2) is 0 Å². The van der Waals surface area contributed by atoms with Crippen LogP contribution in [-0.2, 0) is 0 Å². The molecule has 0 fully saturated rings. The van der Waals surface area contributed by atoms with Gasteiger partial charge < -0.3 is 0 Å². The molecule has 0 saturated heterocycles. The van der Waals surface area contributed by atoms with Crippen LogP contribution in [0, 0.1) is 55.5 Å². The van der Waals surface area contributed by atoms with Crippen LogP contribution in [0.5, 0.6) is 0 Å². The monoisotopic (exact) mass is 244 g/mol. The molecule has 0 unspecified atom stereocenters. The van der Waals surface area contributed by atoms with E-state index in [1.165, 1.54) is 11.1 Å². The van der Waals surface area contributed by atoms with Crippen LogP contribution in [0.2, 0.25) is 0 Å². The predicted octanol–water partition coefficient (Wildman–Crippen LogP) is 2.10. The molecule has 9 heavy (non-hydrogen) atoms. The van der Waals surface area contributed by atoms with E-state index in [9.17, 15) is 0 Å². The summed E-state index contributed by atoms with van der Waals surface area (Å²) in [5.74, 6) is 0. The van der Waals surface area contributed by atoms with Crippen molar-refractivity contribution < 1.29 is 35.6 Å². The average molecular weight is 244 g/mol. The fourth-order valence-corrected chi connectivity index (χ4v) is 0.580. The smallest absolute Gasteiger partial charge is 0 e. The van der Waals surface area contributed by atoms with Crippen molar-refractivity contribution in [3.8, 4) is 0 Å². The summed E-state index contributed by atoms with van der Waals surface area (Å²) < 4.78 is 0. The molecular formula is C8H9La-. The van der Waals surface area contributed by atoms with Gasteiger partial charge >= 0.3 is 0 Å². The maximum atomic E-state index is 3.10. The largest absolute Gasteiger partial charge is 0.180 e. The maximum absolute atomic E-state index is 3.10. The van der Waals surface area contributed by atoms with Gasteiger partial charge in [-0.05, 0) is 0 Å². The quantitative estimate of drug-likeness (QED) is 0.613. The average Bonchev–Trinajstić information content (AvgIpc) is 1.77. The summed E-state index contributed by atoms with van der Waals surface area (Å²) in [5.41, 5.74) is 2.48. The minimum absolute atomic E-state index is 0. The zero-order valence-corrected chi connectivity index (χ0v) is 9.44. The van der Waals surface area contributed by atoms with Crippen LogP contribution in [-0.4, -0.2) is 0 Å². The molecule has 0 bridgehead atoms. The Morgan fingerprint density at radius 1 is 1.22 bits per heavy atom. The fourth-order valence-electron chi connectivity index (χ4n) is 0.580. The van der Waals surface area contributed by atoms with Crippen molar-refractivity contribution in [3.63, 3.8) is 0 Å². The third-order valence-electron chi connectivity index (χ3n) is 1.12. The van der Waals surface area contributed by atoms with E-state index in [0.29, 0.717) is 0 Å². The first-order valence-corrected chi connectivity index (χ1v) is 2.74. The van der Waals surface area contributed by atoms with Crippen molar-refractivity contribution in [2.75, 3.05) is 0 Å². The molecule has 0 aliphatic carbocycles. The Labute approximate surface area is 84.3 Å². The van der Waals surface area contributed by atoms with E-state index in [4.69, 9.17) is 0 Å². The molecular weight excluding hydrogens is 235 g/mol. The van der Waals surface area contributed by atoms with Gasteiger partial charge in [-0.15, -0.1) is 0 Å². The van der Waals surface area contributed by atoms with Gasteiger partial charge in [0, 0.05) is 35.6 Å². The zero-order valence-electron chi connectivity index (χ0n) is 5.81. The topological polar surface area (TPSA) is 0 Å². The van der Waals surface area contributed by atoms with E-state index >= 15 is 0 Å². The standard InChI is InChI=1S/C8H9.La/c1-7-3-5-8(2)6-4-7;/h3-5H,1-2H3;/q-1;. The van der Waals surface area contributed by atoms with Crippen LogP contribution >= 0.6 is 0 Å². The van der Waals surface area contributed by atoms with Gasteiger partial charge in [0.2, 0.25) is 0 Å². The molecule has 1 aromatic carbocycles.